The lowest BCUT2D eigenvalue weighted by Crippen LogP contribution is -2.53. The number of benzene rings is 2. The third kappa shape index (κ3) is 4.82. The first-order valence-corrected chi connectivity index (χ1v) is 11.6. The molecule has 0 radical (unpaired) electrons. The fourth-order valence-electron chi connectivity index (χ4n) is 4.90. The Hall–Kier alpha value is -2.82. The van der Waals surface area contributed by atoms with Gasteiger partial charge in [0.2, 0.25) is 0 Å². The molecule has 2 aliphatic heterocycles. The number of nitrogens with zero attached hydrogens (tertiary/aromatic N) is 2. The van der Waals surface area contributed by atoms with Crippen LogP contribution in [0.25, 0.3) is 0 Å². The molecule has 0 bridgehead atoms. The first-order chi connectivity index (χ1) is 16.3. The summed E-state index contributed by atoms with van der Waals surface area (Å²) in [5.41, 5.74) is 1.79. The quantitative estimate of drug-likeness (QED) is 0.346. The molecule has 0 N–H and O–H groups in total. The molecular formula is C24H24BrF3N2O5. The lowest BCUT2D eigenvalue weighted by atomic mass is 9.78. The van der Waals surface area contributed by atoms with Crippen LogP contribution in [0.2, 0.25) is 0 Å². The molecule has 1 unspecified atom stereocenters. The number of halogens is 4. The number of hydrogen-bond acceptors (Lipinski definition) is 6. The van der Waals surface area contributed by atoms with Crippen LogP contribution in [0.4, 0.5) is 13.2 Å². The lowest BCUT2D eigenvalue weighted by Gasteiger charge is -2.37. The Balaban J connectivity index is 1.88. The Kier molecular flexibility index (Phi) is 6.50. The van der Waals surface area contributed by atoms with Crippen LogP contribution in [0, 0.1) is 10.1 Å². The summed E-state index contributed by atoms with van der Waals surface area (Å²) in [5, 5.41) is 12.1. The van der Waals surface area contributed by atoms with Crippen LogP contribution in [-0.2, 0) is 6.42 Å². The highest BCUT2D eigenvalue weighted by atomic mass is 79.9. The van der Waals surface area contributed by atoms with E-state index in [1.54, 1.807) is 18.2 Å². The van der Waals surface area contributed by atoms with Crippen LogP contribution < -0.4 is 14.2 Å². The predicted molar refractivity (Wildman–Crippen MR) is 127 cm³/mol. The van der Waals surface area contributed by atoms with Gasteiger partial charge in [-0.1, -0.05) is 15.9 Å². The molecule has 0 aliphatic carbocycles. The summed E-state index contributed by atoms with van der Waals surface area (Å²) < 4.78 is 58.3. The number of methoxy groups -OCH3 is 2. The van der Waals surface area contributed by atoms with Gasteiger partial charge in [-0.25, -0.2) is 0 Å². The summed E-state index contributed by atoms with van der Waals surface area (Å²) in [7, 11) is 3.00. The number of rotatable bonds is 5. The van der Waals surface area contributed by atoms with E-state index in [1.807, 2.05) is 19.9 Å². The van der Waals surface area contributed by atoms with Crippen LogP contribution in [0.5, 0.6) is 17.2 Å². The Morgan fingerprint density at radius 1 is 1.20 bits per heavy atom. The third-order valence-corrected chi connectivity index (χ3v) is 6.80. The van der Waals surface area contributed by atoms with Crippen LogP contribution in [-0.4, -0.2) is 48.7 Å². The molecule has 3 atom stereocenters. The van der Waals surface area contributed by atoms with Gasteiger partial charge < -0.3 is 14.2 Å². The van der Waals surface area contributed by atoms with Crippen molar-refractivity contribution in [1.29, 1.82) is 0 Å². The van der Waals surface area contributed by atoms with Crippen LogP contribution in [0.15, 0.2) is 39.8 Å². The van der Waals surface area contributed by atoms with Crippen molar-refractivity contribution in [2.45, 2.75) is 56.5 Å². The Labute approximate surface area is 208 Å². The van der Waals surface area contributed by atoms with Gasteiger partial charge in [0.1, 0.15) is 5.75 Å². The molecule has 11 heteroatoms. The van der Waals surface area contributed by atoms with Crippen LogP contribution in [0.3, 0.4) is 0 Å². The highest BCUT2D eigenvalue weighted by Crippen LogP contribution is 2.47. The molecule has 2 heterocycles. The molecule has 0 saturated heterocycles. The second-order valence-electron chi connectivity index (χ2n) is 9.26. The van der Waals surface area contributed by atoms with E-state index in [2.05, 4.69) is 15.9 Å². The molecule has 2 aromatic carbocycles. The average Bonchev–Trinajstić information content (AvgIpc) is 2.76. The van der Waals surface area contributed by atoms with Crippen molar-refractivity contribution in [3.8, 4) is 17.2 Å². The highest BCUT2D eigenvalue weighted by Gasteiger charge is 2.59. The van der Waals surface area contributed by atoms with E-state index in [0.29, 0.717) is 39.2 Å². The number of aliphatic imine (C=N–C) groups is 1. The smallest absolute Gasteiger partial charge is 0.432 e. The number of alkyl halides is 3. The number of fused-ring (bicyclic) bond motifs is 2. The summed E-state index contributed by atoms with van der Waals surface area (Å²) in [6.07, 6.45) is -7.04. The molecular weight excluding hydrogens is 533 g/mol. The van der Waals surface area contributed by atoms with Crippen molar-refractivity contribution in [1.82, 2.24) is 0 Å². The fourth-order valence-corrected chi connectivity index (χ4v) is 5.28. The third-order valence-electron chi connectivity index (χ3n) is 6.31. The predicted octanol–water partition coefficient (Wildman–Crippen LogP) is 5.73. The van der Waals surface area contributed by atoms with Gasteiger partial charge >= 0.3 is 6.18 Å². The maximum atomic E-state index is 13.9. The molecule has 0 saturated carbocycles. The van der Waals surface area contributed by atoms with Crippen molar-refractivity contribution in [3.63, 3.8) is 0 Å². The standard InChI is InChI=1S/C24H24BrF3N2O5/c1-23(2)11-12-7-19(33-3)20(34-4)10-14(12)17(29-23)9-16-15-8-13(25)5-6-18(15)35-22(24(26,27)28)21(16)30(31)32/h5-8,10,16,21-22H,9,11H2,1-4H3/t16-,21?,22-/m0/s1. The zero-order chi connectivity index (χ0) is 25.7. The van der Waals surface area contributed by atoms with E-state index in [4.69, 9.17) is 19.2 Å². The molecule has 4 rings (SSSR count). The fraction of sp³-hybridized carbons (Fsp3) is 0.458. The van der Waals surface area contributed by atoms with Gasteiger partial charge in [-0.15, -0.1) is 0 Å². The minimum Gasteiger partial charge on any atom is -0.493 e. The summed E-state index contributed by atoms with van der Waals surface area (Å²) in [4.78, 5) is 16.0. The van der Waals surface area contributed by atoms with Crippen molar-refractivity contribution in [3.05, 3.63) is 61.6 Å². The summed E-state index contributed by atoms with van der Waals surface area (Å²) in [6.45, 7) is 3.81. The zero-order valence-electron chi connectivity index (χ0n) is 19.5. The SMILES string of the molecule is COc1cc2c(cc1OC)C(C[C@H]1c3cc(Br)ccc3O[C@H](C(F)(F)F)C1[N+](=O)[O-])=NC(C)(C)C2. The maximum absolute atomic E-state index is 13.9. The summed E-state index contributed by atoms with van der Waals surface area (Å²) >= 11 is 3.33. The van der Waals surface area contributed by atoms with Crippen molar-refractivity contribution < 1.29 is 32.3 Å². The van der Waals surface area contributed by atoms with Gasteiger partial charge in [-0.3, -0.25) is 15.1 Å². The first kappa shape index (κ1) is 25.3. The highest BCUT2D eigenvalue weighted by molar-refractivity contribution is 9.10. The van der Waals surface area contributed by atoms with E-state index in [9.17, 15) is 23.3 Å². The van der Waals surface area contributed by atoms with Gasteiger partial charge in [0.25, 0.3) is 12.1 Å². The van der Waals surface area contributed by atoms with Gasteiger partial charge in [0.15, 0.2) is 11.5 Å². The van der Waals surface area contributed by atoms with Crippen LogP contribution >= 0.6 is 15.9 Å². The van der Waals surface area contributed by atoms with Crippen LogP contribution in [0.1, 0.15) is 42.9 Å². The molecule has 188 valence electrons. The first-order valence-electron chi connectivity index (χ1n) is 10.8. The lowest BCUT2D eigenvalue weighted by molar-refractivity contribution is -0.548. The minimum atomic E-state index is -4.93. The molecule has 2 aromatic rings. The molecule has 0 spiro atoms. The Bertz CT molecular complexity index is 1200. The van der Waals surface area contributed by atoms with Gasteiger partial charge in [-0.2, -0.15) is 13.2 Å². The molecule has 0 amide bonds. The number of hydrogen-bond donors (Lipinski definition) is 0. The zero-order valence-corrected chi connectivity index (χ0v) is 21.1. The molecule has 0 fully saturated rings. The maximum Gasteiger partial charge on any atom is 0.432 e. The Morgan fingerprint density at radius 3 is 2.46 bits per heavy atom. The Morgan fingerprint density at radius 2 is 1.86 bits per heavy atom. The molecule has 0 aromatic heterocycles. The number of nitro groups is 1. The van der Waals surface area contributed by atoms with Crippen molar-refractivity contribution in [2.24, 2.45) is 4.99 Å². The summed E-state index contributed by atoms with van der Waals surface area (Å²) in [6, 6.07) is 6.02. The normalized spacial score (nSPS) is 22.9. The topological polar surface area (TPSA) is 83.2 Å². The van der Waals surface area contributed by atoms with E-state index >= 15 is 0 Å². The van der Waals surface area contributed by atoms with Gasteiger partial charge in [-0.05, 0) is 56.2 Å². The second-order valence-corrected chi connectivity index (χ2v) is 10.2. The van der Waals surface area contributed by atoms with Crippen molar-refractivity contribution in [2.75, 3.05) is 14.2 Å². The molecule has 2 aliphatic rings. The number of ether oxygens (including phenoxy) is 3. The van der Waals surface area contributed by atoms with E-state index in [0.717, 1.165) is 5.56 Å². The monoisotopic (exact) mass is 556 g/mol. The van der Waals surface area contributed by atoms with E-state index in [1.165, 1.54) is 20.3 Å². The molecule has 7 nitrogen and oxygen atoms in total. The van der Waals surface area contributed by atoms with Crippen molar-refractivity contribution >= 4 is 21.6 Å². The second kappa shape index (κ2) is 9.00. The molecule has 35 heavy (non-hydrogen) atoms. The van der Waals surface area contributed by atoms with Gasteiger partial charge in [0, 0.05) is 32.7 Å². The largest absolute Gasteiger partial charge is 0.493 e. The average molecular weight is 557 g/mol. The minimum absolute atomic E-state index is 0.0261. The van der Waals surface area contributed by atoms with Gasteiger partial charge in [0.05, 0.1) is 25.7 Å². The summed E-state index contributed by atoms with van der Waals surface area (Å²) in [5.74, 6) is -0.204. The van der Waals surface area contributed by atoms with E-state index < -0.39 is 34.7 Å². The van der Waals surface area contributed by atoms with E-state index in [-0.39, 0.29) is 12.2 Å².